The molecule has 2 heteroatoms. The molecule has 0 aliphatic carbocycles. The van der Waals surface area contributed by atoms with Crippen molar-refractivity contribution < 1.29 is 4.57 Å². The summed E-state index contributed by atoms with van der Waals surface area (Å²) in [4.78, 5) is 0. The highest BCUT2D eigenvalue weighted by atomic mass is 31.1. The Morgan fingerprint density at radius 3 is 2.14 bits per heavy atom. The van der Waals surface area contributed by atoms with E-state index in [2.05, 4.69) is 6.92 Å². The molecular weight excluding hydrogens is 107 g/mol. The fourth-order valence-electron chi connectivity index (χ4n) is 0.408. The Morgan fingerprint density at radius 2 is 2.00 bits per heavy atom. The highest BCUT2D eigenvalue weighted by Gasteiger charge is 2.06. The zero-order valence-electron chi connectivity index (χ0n) is 4.98. The third kappa shape index (κ3) is 3.94. The summed E-state index contributed by atoms with van der Waals surface area (Å²) in [5.74, 6) is 0. The van der Waals surface area contributed by atoms with Crippen LogP contribution in [0.3, 0.4) is 0 Å². The average molecular weight is 119 g/mol. The fraction of sp³-hybridized carbons (Fsp3) is 1.00. The number of rotatable bonds is 3. The van der Waals surface area contributed by atoms with Crippen LogP contribution in [0.1, 0.15) is 20.3 Å². The van der Waals surface area contributed by atoms with Crippen molar-refractivity contribution >= 4 is 7.80 Å². The van der Waals surface area contributed by atoms with Crippen LogP contribution in [0.15, 0.2) is 0 Å². The van der Waals surface area contributed by atoms with Crippen LogP contribution >= 0.6 is 7.80 Å². The van der Waals surface area contributed by atoms with E-state index in [0.717, 1.165) is 18.7 Å². The van der Waals surface area contributed by atoms with Gasteiger partial charge in [0.05, 0.1) is 0 Å². The van der Waals surface area contributed by atoms with Gasteiger partial charge >= 0.3 is 7.80 Å². The van der Waals surface area contributed by atoms with Gasteiger partial charge in [-0.15, -0.1) is 0 Å². The van der Waals surface area contributed by atoms with Crippen molar-refractivity contribution in [2.24, 2.45) is 0 Å². The van der Waals surface area contributed by atoms with Crippen LogP contribution in [0.5, 0.6) is 0 Å². The van der Waals surface area contributed by atoms with E-state index in [0.29, 0.717) is 0 Å². The molecule has 0 aromatic carbocycles. The molecule has 1 atom stereocenters. The SMILES string of the molecule is CCC[P+](=O)CC. The van der Waals surface area contributed by atoms with E-state index in [1.807, 2.05) is 6.92 Å². The van der Waals surface area contributed by atoms with Gasteiger partial charge in [0.2, 0.25) is 0 Å². The molecule has 0 amide bonds. The maximum Gasteiger partial charge on any atom is 0.338 e. The quantitative estimate of drug-likeness (QED) is 0.520. The molecule has 0 rings (SSSR count). The van der Waals surface area contributed by atoms with Gasteiger partial charge in [0.15, 0.2) is 0 Å². The lowest BCUT2D eigenvalue weighted by Gasteiger charge is -1.74. The molecule has 0 heterocycles. The van der Waals surface area contributed by atoms with Crippen LogP contribution in [0, 0.1) is 0 Å². The fourth-order valence-corrected chi connectivity index (χ4v) is 1.22. The lowest BCUT2D eigenvalue weighted by Crippen LogP contribution is -1.73. The standard InChI is InChI=1S/C5H12OP/c1-3-5-7(6)4-2/h3-5H2,1-2H3/q+1. The minimum Gasteiger partial charge on any atom is -0.0749 e. The molecule has 0 aliphatic rings. The monoisotopic (exact) mass is 119 g/mol. The molecular formula is C5H12OP+. The first-order valence-electron chi connectivity index (χ1n) is 2.73. The zero-order valence-corrected chi connectivity index (χ0v) is 5.87. The minimum atomic E-state index is -0.828. The van der Waals surface area contributed by atoms with E-state index >= 15 is 0 Å². The largest absolute Gasteiger partial charge is 0.338 e. The Kier molecular flexibility index (Phi) is 4.32. The summed E-state index contributed by atoms with van der Waals surface area (Å²) in [5.41, 5.74) is 0. The van der Waals surface area contributed by atoms with Gasteiger partial charge in [0.25, 0.3) is 0 Å². The van der Waals surface area contributed by atoms with Gasteiger partial charge in [-0.1, -0.05) is 11.5 Å². The molecule has 7 heavy (non-hydrogen) atoms. The maximum atomic E-state index is 10.6. The van der Waals surface area contributed by atoms with Crippen LogP contribution in [-0.4, -0.2) is 12.3 Å². The molecule has 0 saturated carbocycles. The smallest absolute Gasteiger partial charge is 0.0749 e. The highest BCUT2D eigenvalue weighted by molar-refractivity contribution is 7.44. The zero-order chi connectivity index (χ0) is 5.70. The Balaban J connectivity index is 3.00. The van der Waals surface area contributed by atoms with Crippen LogP contribution in [0.2, 0.25) is 0 Å². The van der Waals surface area contributed by atoms with Gasteiger partial charge in [-0.25, -0.2) is 0 Å². The van der Waals surface area contributed by atoms with E-state index in [-0.39, 0.29) is 0 Å². The first-order chi connectivity index (χ1) is 3.31. The molecule has 42 valence electrons. The van der Waals surface area contributed by atoms with Crippen molar-refractivity contribution in [3.63, 3.8) is 0 Å². The summed E-state index contributed by atoms with van der Waals surface area (Å²) >= 11 is 0. The van der Waals surface area contributed by atoms with Crippen molar-refractivity contribution in [3.8, 4) is 0 Å². The van der Waals surface area contributed by atoms with Gasteiger partial charge in [-0.2, -0.15) is 0 Å². The van der Waals surface area contributed by atoms with Crippen LogP contribution < -0.4 is 0 Å². The molecule has 0 aromatic heterocycles. The number of hydrogen-bond donors (Lipinski definition) is 0. The summed E-state index contributed by atoms with van der Waals surface area (Å²) in [6, 6.07) is 0. The van der Waals surface area contributed by atoms with E-state index in [4.69, 9.17) is 0 Å². The van der Waals surface area contributed by atoms with Crippen molar-refractivity contribution in [1.82, 2.24) is 0 Å². The Morgan fingerprint density at radius 1 is 1.43 bits per heavy atom. The second-order valence-corrected chi connectivity index (χ2v) is 3.56. The first-order valence-corrected chi connectivity index (χ1v) is 4.36. The normalized spacial score (nSPS) is 11.4. The number of hydrogen-bond acceptors (Lipinski definition) is 1. The molecule has 1 nitrogen and oxygen atoms in total. The van der Waals surface area contributed by atoms with Crippen molar-refractivity contribution in [2.75, 3.05) is 12.3 Å². The molecule has 0 spiro atoms. The van der Waals surface area contributed by atoms with Gasteiger partial charge in [0.1, 0.15) is 12.3 Å². The topological polar surface area (TPSA) is 17.1 Å². The van der Waals surface area contributed by atoms with E-state index in [1.54, 1.807) is 0 Å². The van der Waals surface area contributed by atoms with Crippen LogP contribution in [0.25, 0.3) is 0 Å². The summed E-state index contributed by atoms with van der Waals surface area (Å²) < 4.78 is 10.6. The second-order valence-electron chi connectivity index (χ2n) is 1.52. The molecule has 0 aliphatic heterocycles. The van der Waals surface area contributed by atoms with Gasteiger partial charge in [-0.05, 0) is 13.3 Å². The summed E-state index contributed by atoms with van der Waals surface area (Å²) in [5, 5.41) is 0. The van der Waals surface area contributed by atoms with Crippen molar-refractivity contribution in [1.29, 1.82) is 0 Å². The Hall–Kier alpha value is 0.100. The average Bonchev–Trinajstić information content (AvgIpc) is 1.68. The Bertz CT molecular complexity index is 61.1. The van der Waals surface area contributed by atoms with Crippen LogP contribution in [-0.2, 0) is 4.57 Å². The minimum absolute atomic E-state index is 0.828. The Labute approximate surface area is 45.9 Å². The molecule has 0 aromatic rings. The first kappa shape index (κ1) is 7.10. The predicted molar refractivity (Wildman–Crippen MR) is 33.3 cm³/mol. The predicted octanol–water partition coefficient (Wildman–Crippen LogP) is 2.24. The summed E-state index contributed by atoms with van der Waals surface area (Å²) in [7, 11) is -0.828. The van der Waals surface area contributed by atoms with E-state index in [9.17, 15) is 4.57 Å². The molecule has 1 unspecified atom stereocenters. The molecule has 0 fully saturated rings. The van der Waals surface area contributed by atoms with Gasteiger partial charge < -0.3 is 0 Å². The molecule has 0 N–H and O–H groups in total. The molecule has 0 saturated heterocycles. The van der Waals surface area contributed by atoms with Crippen molar-refractivity contribution in [3.05, 3.63) is 0 Å². The third-order valence-corrected chi connectivity index (χ3v) is 2.48. The second kappa shape index (κ2) is 4.26. The van der Waals surface area contributed by atoms with Crippen LogP contribution in [0.4, 0.5) is 0 Å². The molecule has 0 bridgehead atoms. The highest BCUT2D eigenvalue weighted by Crippen LogP contribution is 2.18. The van der Waals surface area contributed by atoms with Crippen molar-refractivity contribution in [2.45, 2.75) is 20.3 Å². The summed E-state index contributed by atoms with van der Waals surface area (Å²) in [6.07, 6.45) is 2.82. The lowest BCUT2D eigenvalue weighted by atomic mass is 10.6. The van der Waals surface area contributed by atoms with Gasteiger partial charge in [0, 0.05) is 0 Å². The van der Waals surface area contributed by atoms with E-state index in [1.165, 1.54) is 0 Å². The van der Waals surface area contributed by atoms with Gasteiger partial charge in [-0.3, -0.25) is 0 Å². The lowest BCUT2D eigenvalue weighted by molar-refractivity contribution is 0.587. The summed E-state index contributed by atoms with van der Waals surface area (Å²) in [6.45, 7) is 4.03. The maximum absolute atomic E-state index is 10.6. The molecule has 0 radical (unpaired) electrons. The third-order valence-electron chi connectivity index (χ3n) is 0.826. The van der Waals surface area contributed by atoms with E-state index < -0.39 is 7.80 Å².